The number of nitrogens with zero attached hydrogens (tertiary/aromatic N) is 4. The Labute approximate surface area is 86.0 Å². The van der Waals surface area contributed by atoms with Crippen molar-refractivity contribution in [2.75, 3.05) is 5.32 Å². The molecule has 0 atom stereocenters. The third kappa shape index (κ3) is 2.08. The Morgan fingerprint density at radius 3 is 3.00 bits per heavy atom. The van der Waals surface area contributed by atoms with Crippen LogP contribution in [0.5, 0.6) is 0 Å². The molecule has 0 aliphatic heterocycles. The lowest BCUT2D eigenvalue weighted by Crippen LogP contribution is -2.04. The maximum Gasteiger partial charge on any atom is 0.182 e. The van der Waals surface area contributed by atoms with E-state index in [4.69, 9.17) is 5.26 Å². The molecule has 2 rings (SSSR count). The van der Waals surface area contributed by atoms with Crippen molar-refractivity contribution in [2.24, 2.45) is 0 Å². The first-order valence-corrected chi connectivity index (χ1v) is 4.32. The van der Waals surface area contributed by atoms with Gasteiger partial charge in [0.25, 0.3) is 0 Å². The number of hydrogen-bond donors (Lipinski definition) is 2. The second-order valence-electron chi connectivity index (χ2n) is 2.80. The maximum atomic E-state index is 8.76. The van der Waals surface area contributed by atoms with Gasteiger partial charge in [-0.3, -0.25) is 0 Å². The smallest absolute Gasteiger partial charge is 0.182 e. The largest absolute Gasteiger partial charge is 0.362 e. The predicted octanol–water partition coefficient (Wildman–Crippen LogP) is 0.683. The van der Waals surface area contributed by atoms with Crippen LogP contribution in [0.3, 0.4) is 0 Å². The highest BCUT2D eigenvalue weighted by Crippen LogP contribution is 2.07. The van der Waals surface area contributed by atoms with Crippen molar-refractivity contribution in [3.63, 3.8) is 0 Å². The Morgan fingerprint density at radius 2 is 2.27 bits per heavy atom. The summed E-state index contributed by atoms with van der Waals surface area (Å²) in [4.78, 5) is 14.7. The quantitative estimate of drug-likeness (QED) is 0.760. The number of aromatic amines is 1. The molecule has 0 saturated heterocycles. The summed E-state index contributed by atoms with van der Waals surface area (Å²) >= 11 is 0. The van der Waals surface area contributed by atoms with Crippen LogP contribution in [0.1, 0.15) is 11.4 Å². The van der Waals surface area contributed by atoms with Crippen LogP contribution in [0, 0.1) is 11.3 Å². The molecule has 2 aromatic rings. The molecular formula is C9H8N6. The second kappa shape index (κ2) is 4.19. The number of hydrogen-bond acceptors (Lipinski definition) is 5. The van der Waals surface area contributed by atoms with Gasteiger partial charge in [-0.15, -0.1) is 0 Å². The molecule has 6 nitrogen and oxygen atoms in total. The lowest BCUT2D eigenvalue weighted by Gasteiger charge is -2.03. The molecule has 2 aromatic heterocycles. The Balaban J connectivity index is 2.08. The molecule has 2 heterocycles. The van der Waals surface area contributed by atoms with Gasteiger partial charge in [-0.2, -0.15) is 5.26 Å². The van der Waals surface area contributed by atoms with E-state index < -0.39 is 0 Å². The van der Waals surface area contributed by atoms with Gasteiger partial charge < -0.3 is 10.3 Å². The Hall–Kier alpha value is -2.42. The van der Waals surface area contributed by atoms with E-state index in [0.29, 0.717) is 12.4 Å². The minimum Gasteiger partial charge on any atom is -0.362 e. The molecule has 15 heavy (non-hydrogen) atoms. The fourth-order valence-corrected chi connectivity index (χ4v) is 1.11. The fourth-order valence-electron chi connectivity index (χ4n) is 1.11. The molecule has 2 N–H and O–H groups in total. The van der Waals surface area contributed by atoms with Crippen molar-refractivity contribution < 1.29 is 0 Å². The normalized spacial score (nSPS) is 9.53. The molecule has 6 heteroatoms. The Kier molecular flexibility index (Phi) is 2.56. The van der Waals surface area contributed by atoms with Crippen molar-refractivity contribution in [1.29, 1.82) is 5.26 Å². The first-order valence-electron chi connectivity index (χ1n) is 4.32. The summed E-state index contributed by atoms with van der Waals surface area (Å²) in [5.41, 5.74) is 1.21. The van der Waals surface area contributed by atoms with Gasteiger partial charge in [-0.05, 0) is 0 Å². The molecule has 0 unspecified atom stereocenters. The van der Waals surface area contributed by atoms with Crippen LogP contribution in [0.4, 0.5) is 5.82 Å². The third-order valence-corrected chi connectivity index (χ3v) is 1.81. The van der Waals surface area contributed by atoms with Gasteiger partial charge in [0.2, 0.25) is 0 Å². The molecule has 0 aliphatic carbocycles. The van der Waals surface area contributed by atoms with E-state index in [-0.39, 0.29) is 5.69 Å². The van der Waals surface area contributed by atoms with Crippen molar-refractivity contribution in [1.82, 2.24) is 19.9 Å². The standard InChI is InChI=1S/C9H8N6/c10-3-8-9(13-2-1-12-8)14-5-7-4-11-6-15-7/h1-2,4,6H,5H2,(H,11,15)(H,13,14). The summed E-state index contributed by atoms with van der Waals surface area (Å²) < 4.78 is 0. The molecule has 0 radical (unpaired) electrons. The van der Waals surface area contributed by atoms with Gasteiger partial charge in [0.1, 0.15) is 6.07 Å². The van der Waals surface area contributed by atoms with Crippen molar-refractivity contribution >= 4 is 5.82 Å². The number of nitriles is 1. The second-order valence-corrected chi connectivity index (χ2v) is 2.80. The van der Waals surface area contributed by atoms with E-state index in [9.17, 15) is 0 Å². The number of aromatic nitrogens is 4. The van der Waals surface area contributed by atoms with Crippen LogP contribution in [0.25, 0.3) is 0 Å². The number of rotatable bonds is 3. The van der Waals surface area contributed by atoms with E-state index in [1.165, 1.54) is 12.4 Å². The minimum absolute atomic E-state index is 0.289. The summed E-state index contributed by atoms with van der Waals surface area (Å²) in [7, 11) is 0. The number of imidazole rings is 1. The number of H-pyrrole nitrogens is 1. The summed E-state index contributed by atoms with van der Waals surface area (Å²) in [5, 5.41) is 11.8. The zero-order valence-corrected chi connectivity index (χ0v) is 7.81. The molecular weight excluding hydrogens is 192 g/mol. The first kappa shape index (κ1) is 9.15. The average molecular weight is 200 g/mol. The van der Waals surface area contributed by atoms with E-state index in [1.807, 2.05) is 6.07 Å². The SMILES string of the molecule is N#Cc1nccnc1NCc1cnc[nH]1. The fraction of sp³-hybridized carbons (Fsp3) is 0.111. The van der Waals surface area contributed by atoms with E-state index in [1.54, 1.807) is 12.5 Å². The van der Waals surface area contributed by atoms with E-state index in [0.717, 1.165) is 5.69 Å². The highest BCUT2D eigenvalue weighted by Gasteiger charge is 2.03. The molecule has 0 aromatic carbocycles. The molecule has 0 fully saturated rings. The van der Waals surface area contributed by atoms with Crippen LogP contribution >= 0.6 is 0 Å². The van der Waals surface area contributed by atoms with Crippen molar-refractivity contribution in [3.8, 4) is 6.07 Å². The van der Waals surface area contributed by atoms with E-state index >= 15 is 0 Å². The van der Waals surface area contributed by atoms with Crippen LogP contribution in [0.15, 0.2) is 24.9 Å². The van der Waals surface area contributed by atoms with Gasteiger partial charge >= 0.3 is 0 Å². The van der Waals surface area contributed by atoms with Gasteiger partial charge in [-0.25, -0.2) is 15.0 Å². The number of anilines is 1. The highest BCUT2D eigenvalue weighted by molar-refractivity contribution is 5.46. The predicted molar refractivity (Wildman–Crippen MR) is 52.7 cm³/mol. The lowest BCUT2D eigenvalue weighted by atomic mass is 10.4. The first-order chi connectivity index (χ1) is 7.40. The maximum absolute atomic E-state index is 8.76. The van der Waals surface area contributed by atoms with Gasteiger partial charge in [0, 0.05) is 18.6 Å². The molecule has 0 spiro atoms. The zero-order chi connectivity index (χ0) is 10.5. The minimum atomic E-state index is 0.289. The lowest BCUT2D eigenvalue weighted by molar-refractivity contribution is 1.03. The van der Waals surface area contributed by atoms with E-state index in [2.05, 4.69) is 25.3 Å². The molecule has 0 aliphatic rings. The summed E-state index contributed by atoms with van der Waals surface area (Å²) in [6, 6.07) is 1.96. The molecule has 0 saturated carbocycles. The van der Waals surface area contributed by atoms with Crippen LogP contribution in [-0.2, 0) is 6.54 Å². The highest BCUT2D eigenvalue weighted by atomic mass is 15.0. The third-order valence-electron chi connectivity index (χ3n) is 1.81. The zero-order valence-electron chi connectivity index (χ0n) is 7.81. The molecule has 0 amide bonds. The number of nitrogens with one attached hydrogen (secondary N) is 2. The molecule has 0 bridgehead atoms. The Morgan fingerprint density at radius 1 is 1.40 bits per heavy atom. The topological polar surface area (TPSA) is 90.3 Å². The molecule has 74 valence electrons. The van der Waals surface area contributed by atoms with Crippen LogP contribution < -0.4 is 5.32 Å². The Bertz CT molecular complexity index is 470. The van der Waals surface area contributed by atoms with Gasteiger partial charge in [-0.1, -0.05) is 0 Å². The monoisotopic (exact) mass is 200 g/mol. The van der Waals surface area contributed by atoms with Crippen molar-refractivity contribution in [3.05, 3.63) is 36.3 Å². The van der Waals surface area contributed by atoms with Crippen LogP contribution in [-0.4, -0.2) is 19.9 Å². The van der Waals surface area contributed by atoms with Gasteiger partial charge in [0.15, 0.2) is 11.5 Å². The summed E-state index contributed by atoms with van der Waals surface area (Å²) in [6.45, 7) is 0.535. The summed E-state index contributed by atoms with van der Waals surface area (Å²) in [5.74, 6) is 0.481. The average Bonchev–Trinajstić information content (AvgIpc) is 2.79. The summed E-state index contributed by atoms with van der Waals surface area (Å²) in [6.07, 6.45) is 6.32. The van der Waals surface area contributed by atoms with Crippen molar-refractivity contribution in [2.45, 2.75) is 6.54 Å². The van der Waals surface area contributed by atoms with Gasteiger partial charge in [0.05, 0.1) is 18.6 Å². The van der Waals surface area contributed by atoms with Crippen LogP contribution in [0.2, 0.25) is 0 Å².